The molecule has 1 heterocycles. The highest BCUT2D eigenvalue weighted by Gasteiger charge is 2.13. The molecule has 2 amide bonds. The van der Waals surface area contributed by atoms with Gasteiger partial charge >= 0.3 is 0 Å². The van der Waals surface area contributed by atoms with Gasteiger partial charge in [0.1, 0.15) is 17.4 Å². The second-order valence-electron chi connectivity index (χ2n) is 5.76. The van der Waals surface area contributed by atoms with Crippen molar-refractivity contribution in [2.75, 3.05) is 11.9 Å². The van der Waals surface area contributed by atoms with Crippen molar-refractivity contribution in [3.8, 4) is 11.4 Å². The molecule has 0 atom stereocenters. The molecule has 0 saturated heterocycles. The van der Waals surface area contributed by atoms with Crippen molar-refractivity contribution in [3.05, 3.63) is 71.7 Å². The number of aromatic nitrogens is 2. The largest absolute Gasteiger partial charge is 0.483 e. The van der Waals surface area contributed by atoms with E-state index in [9.17, 15) is 14.0 Å². The van der Waals surface area contributed by atoms with Crippen LogP contribution in [0.2, 0.25) is 0 Å². The van der Waals surface area contributed by atoms with E-state index in [-0.39, 0.29) is 23.7 Å². The molecule has 0 bridgehead atoms. The van der Waals surface area contributed by atoms with Crippen LogP contribution in [-0.4, -0.2) is 28.2 Å². The van der Waals surface area contributed by atoms with Gasteiger partial charge in [-0.15, -0.1) is 0 Å². The van der Waals surface area contributed by atoms with Crippen LogP contribution < -0.4 is 15.8 Å². The molecule has 7 nitrogen and oxygen atoms in total. The van der Waals surface area contributed by atoms with Crippen LogP contribution in [0.25, 0.3) is 5.69 Å². The first kappa shape index (κ1) is 18.1. The molecule has 1 aromatic heterocycles. The summed E-state index contributed by atoms with van der Waals surface area (Å²) in [6, 6.07) is 13.8. The number of ether oxygens (including phenoxy) is 1. The van der Waals surface area contributed by atoms with Crippen LogP contribution in [0, 0.1) is 12.7 Å². The van der Waals surface area contributed by atoms with Gasteiger partial charge in [-0.1, -0.05) is 12.1 Å². The molecule has 0 unspecified atom stereocenters. The van der Waals surface area contributed by atoms with E-state index in [1.807, 2.05) is 0 Å². The molecule has 2 aromatic carbocycles. The first-order valence-electron chi connectivity index (χ1n) is 8.08. The molecule has 138 valence electrons. The monoisotopic (exact) mass is 368 g/mol. The smallest absolute Gasteiger partial charge is 0.263 e. The average molecular weight is 368 g/mol. The van der Waals surface area contributed by atoms with Crippen LogP contribution in [0.5, 0.6) is 5.75 Å². The third-order valence-electron chi connectivity index (χ3n) is 3.68. The zero-order chi connectivity index (χ0) is 19.4. The highest BCUT2D eigenvalue weighted by atomic mass is 19.1. The molecule has 8 heteroatoms. The molecule has 0 radical (unpaired) electrons. The van der Waals surface area contributed by atoms with Gasteiger partial charge in [-0.2, -0.15) is 5.10 Å². The third-order valence-corrected chi connectivity index (χ3v) is 3.68. The number of primary amides is 1. The lowest BCUT2D eigenvalue weighted by molar-refractivity contribution is -0.118. The highest BCUT2D eigenvalue weighted by molar-refractivity contribution is 5.96. The van der Waals surface area contributed by atoms with Crippen molar-refractivity contribution < 1.29 is 18.7 Å². The maximum absolute atomic E-state index is 13.1. The summed E-state index contributed by atoms with van der Waals surface area (Å²) < 4.78 is 20.0. The van der Waals surface area contributed by atoms with E-state index in [2.05, 4.69) is 10.4 Å². The summed E-state index contributed by atoms with van der Waals surface area (Å²) in [4.78, 5) is 23.6. The van der Waals surface area contributed by atoms with Crippen molar-refractivity contribution >= 4 is 17.6 Å². The number of nitrogens with zero attached hydrogens (tertiary/aromatic N) is 2. The number of nitrogens with two attached hydrogens (primary N) is 1. The molecule has 0 aliphatic carbocycles. The van der Waals surface area contributed by atoms with Gasteiger partial charge < -0.3 is 15.8 Å². The molecular formula is C19H17FN4O3. The topological polar surface area (TPSA) is 99.2 Å². The van der Waals surface area contributed by atoms with Crippen LogP contribution in [-0.2, 0) is 4.79 Å². The number of rotatable bonds is 6. The number of aryl methyl sites for hydroxylation is 1. The Hall–Kier alpha value is -3.68. The lowest BCUT2D eigenvalue weighted by atomic mass is 10.2. The summed E-state index contributed by atoms with van der Waals surface area (Å²) in [7, 11) is 0. The average Bonchev–Trinajstić information content (AvgIpc) is 3.01. The lowest BCUT2D eigenvalue weighted by Crippen LogP contribution is -2.23. The van der Waals surface area contributed by atoms with E-state index in [0.29, 0.717) is 17.2 Å². The van der Waals surface area contributed by atoms with E-state index in [0.717, 1.165) is 0 Å². The minimum absolute atomic E-state index is 0.192. The minimum atomic E-state index is -0.643. The van der Waals surface area contributed by atoms with Crippen LogP contribution in [0.15, 0.2) is 54.6 Å². The summed E-state index contributed by atoms with van der Waals surface area (Å²) in [5, 5.41) is 6.99. The number of nitrogens with one attached hydrogen (secondary N) is 1. The van der Waals surface area contributed by atoms with Gasteiger partial charge in [0.05, 0.1) is 16.9 Å². The molecule has 3 rings (SSSR count). The standard InChI is InChI=1S/C19H17FN4O3/c1-12-10-17(24(23-12)14-8-6-13(20)7-9-14)22-18(25)11-27-16-5-3-2-4-15(16)19(21)26/h2-10H,11H2,1H3,(H2,21,26)(H,22,25). The second kappa shape index (κ2) is 7.69. The lowest BCUT2D eigenvalue weighted by Gasteiger charge is -2.11. The van der Waals surface area contributed by atoms with Gasteiger partial charge in [0.2, 0.25) is 0 Å². The Morgan fingerprint density at radius 1 is 1.19 bits per heavy atom. The molecule has 0 fully saturated rings. The summed E-state index contributed by atoms with van der Waals surface area (Å²) in [6.07, 6.45) is 0. The first-order chi connectivity index (χ1) is 12.9. The van der Waals surface area contributed by atoms with Gasteiger partial charge in [0, 0.05) is 6.07 Å². The first-order valence-corrected chi connectivity index (χ1v) is 8.08. The molecule has 0 saturated carbocycles. The van der Waals surface area contributed by atoms with Gasteiger partial charge in [-0.05, 0) is 43.3 Å². The normalized spacial score (nSPS) is 10.4. The predicted molar refractivity (Wildman–Crippen MR) is 97.3 cm³/mol. The number of halogens is 1. The summed E-state index contributed by atoms with van der Waals surface area (Å²) in [6.45, 7) is 1.45. The van der Waals surface area contributed by atoms with Crippen LogP contribution in [0.3, 0.4) is 0 Å². The second-order valence-corrected chi connectivity index (χ2v) is 5.76. The fraction of sp³-hybridized carbons (Fsp3) is 0.105. The maximum atomic E-state index is 13.1. The summed E-state index contributed by atoms with van der Waals surface area (Å²) in [5.41, 5.74) is 6.75. The quantitative estimate of drug-likeness (QED) is 0.698. The molecule has 3 N–H and O–H groups in total. The Balaban J connectivity index is 1.72. The molecular weight excluding hydrogens is 351 g/mol. The number of carbonyl (C=O) groups is 2. The van der Waals surface area contributed by atoms with Crippen molar-refractivity contribution in [1.29, 1.82) is 0 Å². The van der Waals surface area contributed by atoms with E-state index in [1.165, 1.54) is 22.9 Å². The van der Waals surface area contributed by atoms with Gasteiger partial charge in [0.25, 0.3) is 11.8 Å². The Kier molecular flexibility index (Phi) is 5.16. The minimum Gasteiger partial charge on any atom is -0.483 e. The molecule has 0 aliphatic heterocycles. The SMILES string of the molecule is Cc1cc(NC(=O)COc2ccccc2C(N)=O)n(-c2ccc(F)cc2)n1. The van der Waals surface area contributed by atoms with Crippen molar-refractivity contribution in [1.82, 2.24) is 9.78 Å². The number of amides is 2. The Bertz CT molecular complexity index is 983. The molecule has 27 heavy (non-hydrogen) atoms. The van der Waals surface area contributed by atoms with Crippen LogP contribution >= 0.6 is 0 Å². The number of anilines is 1. The van der Waals surface area contributed by atoms with Gasteiger partial charge in [0.15, 0.2) is 6.61 Å². The zero-order valence-electron chi connectivity index (χ0n) is 14.5. The fourth-order valence-corrected chi connectivity index (χ4v) is 2.49. The number of hydrogen-bond donors (Lipinski definition) is 2. The van der Waals surface area contributed by atoms with Crippen molar-refractivity contribution in [3.63, 3.8) is 0 Å². The number of carbonyl (C=O) groups excluding carboxylic acids is 2. The van der Waals surface area contributed by atoms with Crippen molar-refractivity contribution in [2.45, 2.75) is 6.92 Å². The van der Waals surface area contributed by atoms with Gasteiger partial charge in [-0.3, -0.25) is 9.59 Å². The van der Waals surface area contributed by atoms with E-state index < -0.39 is 11.8 Å². The van der Waals surface area contributed by atoms with E-state index >= 15 is 0 Å². The third kappa shape index (κ3) is 4.30. The Morgan fingerprint density at radius 2 is 1.89 bits per heavy atom. The van der Waals surface area contributed by atoms with E-state index in [1.54, 1.807) is 43.3 Å². The Morgan fingerprint density at radius 3 is 2.59 bits per heavy atom. The van der Waals surface area contributed by atoms with Gasteiger partial charge in [-0.25, -0.2) is 9.07 Å². The Labute approximate surface area is 154 Å². The highest BCUT2D eigenvalue weighted by Crippen LogP contribution is 2.19. The summed E-state index contributed by atoms with van der Waals surface area (Å²) in [5.74, 6) is -0.817. The molecule has 0 aliphatic rings. The van der Waals surface area contributed by atoms with Crippen LogP contribution in [0.4, 0.5) is 10.2 Å². The predicted octanol–water partition coefficient (Wildman–Crippen LogP) is 2.44. The number of para-hydroxylation sites is 1. The molecule has 0 spiro atoms. The van der Waals surface area contributed by atoms with E-state index in [4.69, 9.17) is 10.5 Å². The maximum Gasteiger partial charge on any atom is 0.263 e. The van der Waals surface area contributed by atoms with Crippen molar-refractivity contribution in [2.24, 2.45) is 5.73 Å². The number of benzene rings is 2. The molecule has 3 aromatic rings. The fourth-order valence-electron chi connectivity index (χ4n) is 2.49. The summed E-state index contributed by atoms with van der Waals surface area (Å²) >= 11 is 0. The number of hydrogen-bond acceptors (Lipinski definition) is 4. The van der Waals surface area contributed by atoms with Crippen LogP contribution in [0.1, 0.15) is 16.1 Å². The zero-order valence-corrected chi connectivity index (χ0v) is 14.5.